The summed E-state index contributed by atoms with van der Waals surface area (Å²) in [6, 6.07) is 7.85. The molecule has 1 aromatic heterocycles. The number of rotatable bonds is 7. The van der Waals surface area contributed by atoms with E-state index in [-0.39, 0.29) is 28.7 Å². The number of anilines is 1. The number of likely N-dealkylation sites (N-methyl/N-ethyl adjacent to an activating group) is 1. The second-order valence-corrected chi connectivity index (χ2v) is 8.43. The largest absolute Gasteiger partial charge is 0.497 e. The predicted molar refractivity (Wildman–Crippen MR) is 130 cm³/mol. The third-order valence-electron chi connectivity index (χ3n) is 6.18. The molecule has 0 N–H and O–H groups in total. The maximum Gasteiger partial charge on any atom is 0.200 e. The maximum absolute atomic E-state index is 15.7. The summed E-state index contributed by atoms with van der Waals surface area (Å²) in [7, 11) is 3.46. The minimum atomic E-state index is -0.928. The van der Waals surface area contributed by atoms with Crippen LogP contribution >= 0.6 is 0 Å². The molecule has 9 heteroatoms. The van der Waals surface area contributed by atoms with Crippen molar-refractivity contribution in [1.82, 2.24) is 9.47 Å². The summed E-state index contributed by atoms with van der Waals surface area (Å²) in [6.45, 7) is 0.939. The molecular weight excluding hydrogens is 459 g/mol. The molecule has 6 nitrogen and oxygen atoms in total. The highest BCUT2D eigenvalue weighted by Gasteiger charge is 2.26. The third kappa shape index (κ3) is 4.95. The van der Waals surface area contributed by atoms with E-state index in [0.29, 0.717) is 37.5 Å². The van der Waals surface area contributed by atoms with Crippen molar-refractivity contribution in [2.24, 2.45) is 0 Å². The fourth-order valence-electron chi connectivity index (χ4n) is 4.22. The van der Waals surface area contributed by atoms with Gasteiger partial charge in [0.05, 0.1) is 30.1 Å². The van der Waals surface area contributed by atoms with Crippen LogP contribution in [-0.4, -0.2) is 62.3 Å². The molecule has 184 valence electrons. The normalized spacial score (nSPS) is 14.7. The van der Waals surface area contributed by atoms with Gasteiger partial charge in [-0.2, -0.15) is 0 Å². The van der Waals surface area contributed by atoms with Crippen LogP contribution in [0.25, 0.3) is 17.0 Å². The number of aryl methyl sites for hydroxylation is 1. The number of hydrogen-bond acceptors (Lipinski definition) is 5. The topological polar surface area (TPSA) is 54.8 Å². The fourth-order valence-corrected chi connectivity index (χ4v) is 4.22. The number of piperazine rings is 1. The zero-order chi connectivity index (χ0) is 25.1. The lowest BCUT2D eigenvalue weighted by Crippen LogP contribution is -2.45. The van der Waals surface area contributed by atoms with E-state index in [4.69, 9.17) is 4.74 Å². The Morgan fingerprint density at radius 3 is 2.43 bits per heavy atom. The van der Waals surface area contributed by atoms with Gasteiger partial charge in [0, 0.05) is 32.4 Å². The van der Waals surface area contributed by atoms with Gasteiger partial charge in [0.15, 0.2) is 11.6 Å². The Kier molecular flexibility index (Phi) is 7.25. The van der Waals surface area contributed by atoms with Gasteiger partial charge in [-0.15, -0.1) is 0 Å². The van der Waals surface area contributed by atoms with Crippen molar-refractivity contribution in [1.29, 1.82) is 0 Å². The molecule has 0 saturated carbocycles. The fraction of sp³-hybridized carbons (Fsp3) is 0.308. The molecule has 3 aromatic rings. The summed E-state index contributed by atoms with van der Waals surface area (Å²) >= 11 is 0. The number of benzene rings is 2. The van der Waals surface area contributed by atoms with Gasteiger partial charge in [0.1, 0.15) is 23.9 Å². The first-order valence-corrected chi connectivity index (χ1v) is 11.2. The molecule has 1 fully saturated rings. The van der Waals surface area contributed by atoms with E-state index in [0.717, 1.165) is 12.3 Å². The van der Waals surface area contributed by atoms with Gasteiger partial charge in [-0.05, 0) is 36.9 Å². The van der Waals surface area contributed by atoms with E-state index in [2.05, 4.69) is 0 Å². The molecule has 0 amide bonds. The van der Waals surface area contributed by atoms with Gasteiger partial charge >= 0.3 is 0 Å². The highest BCUT2D eigenvalue weighted by Crippen LogP contribution is 2.31. The monoisotopic (exact) mass is 485 g/mol. The SMILES string of the molecule is COc1ccc(C=CC(=O)c2cn(CCF)c3c(F)c(N4CCN(C)CC4)c(F)cc3c2=O)cc1. The molecule has 0 bridgehead atoms. The summed E-state index contributed by atoms with van der Waals surface area (Å²) in [5.41, 5.74) is -0.850. The Morgan fingerprint density at radius 1 is 1.11 bits per heavy atom. The van der Waals surface area contributed by atoms with Gasteiger partial charge in [-0.25, -0.2) is 13.2 Å². The number of aromatic nitrogens is 1. The number of halogens is 3. The highest BCUT2D eigenvalue weighted by molar-refractivity contribution is 6.08. The van der Waals surface area contributed by atoms with Crippen LogP contribution in [0.5, 0.6) is 5.75 Å². The van der Waals surface area contributed by atoms with Gasteiger partial charge in [0.25, 0.3) is 0 Å². The number of carbonyl (C=O) groups excluding carboxylic acids is 1. The van der Waals surface area contributed by atoms with Crippen molar-refractivity contribution in [3.8, 4) is 5.75 Å². The summed E-state index contributed by atoms with van der Waals surface area (Å²) in [6.07, 6.45) is 3.87. The third-order valence-corrected chi connectivity index (χ3v) is 6.18. The van der Waals surface area contributed by atoms with E-state index < -0.39 is 29.5 Å². The molecule has 4 rings (SSSR count). The number of hydrogen-bond donors (Lipinski definition) is 0. The quantitative estimate of drug-likeness (QED) is 0.375. The second-order valence-electron chi connectivity index (χ2n) is 8.43. The van der Waals surface area contributed by atoms with Crippen molar-refractivity contribution in [2.45, 2.75) is 6.54 Å². The molecule has 35 heavy (non-hydrogen) atoms. The molecule has 1 aliphatic heterocycles. The maximum atomic E-state index is 15.7. The summed E-state index contributed by atoms with van der Waals surface area (Å²) in [5, 5.41) is -0.296. The van der Waals surface area contributed by atoms with Crippen LogP contribution in [0.2, 0.25) is 0 Å². The van der Waals surface area contributed by atoms with Gasteiger partial charge < -0.3 is 19.1 Å². The molecular formula is C26H26F3N3O3. The zero-order valence-electron chi connectivity index (χ0n) is 19.6. The van der Waals surface area contributed by atoms with Crippen LogP contribution in [0.3, 0.4) is 0 Å². The Bertz CT molecular complexity index is 1330. The van der Waals surface area contributed by atoms with Crippen LogP contribution in [0.1, 0.15) is 15.9 Å². The number of nitrogens with zero attached hydrogens (tertiary/aromatic N) is 3. The molecule has 2 aromatic carbocycles. The lowest BCUT2D eigenvalue weighted by atomic mass is 10.0. The molecule has 0 spiro atoms. The molecule has 0 atom stereocenters. The van der Waals surface area contributed by atoms with Gasteiger partial charge in [-0.1, -0.05) is 18.2 Å². The summed E-state index contributed by atoms with van der Waals surface area (Å²) in [4.78, 5) is 29.6. The summed E-state index contributed by atoms with van der Waals surface area (Å²) < 4.78 is 50.4. The number of ether oxygens (including phenoxy) is 1. The number of fused-ring (bicyclic) bond motifs is 1. The molecule has 0 unspecified atom stereocenters. The van der Waals surface area contributed by atoms with Crippen LogP contribution in [0.15, 0.2) is 47.4 Å². The first-order valence-electron chi connectivity index (χ1n) is 11.2. The first kappa shape index (κ1) is 24.5. The van der Waals surface area contributed by atoms with Crippen molar-refractivity contribution in [3.05, 3.63) is 75.6 Å². The molecule has 0 radical (unpaired) electrons. The Balaban J connectivity index is 1.77. The molecule has 1 saturated heterocycles. The van der Waals surface area contributed by atoms with E-state index >= 15 is 8.78 Å². The Hall–Kier alpha value is -3.59. The minimum absolute atomic E-state index is 0.210. The van der Waals surface area contributed by atoms with Crippen molar-refractivity contribution in [3.63, 3.8) is 0 Å². The lowest BCUT2D eigenvalue weighted by molar-refractivity contribution is 0.104. The average molecular weight is 486 g/mol. The molecule has 0 aliphatic carbocycles. The molecule has 1 aliphatic rings. The number of alkyl halides is 1. The van der Waals surface area contributed by atoms with Crippen LogP contribution in [0, 0.1) is 11.6 Å². The standard InChI is InChI=1S/C26H26F3N3O3/c1-30-11-13-31(14-12-30)25-21(28)15-19-24(23(25)29)32(10-9-27)16-20(26(19)34)22(33)8-5-17-3-6-18(35-2)7-4-17/h3-8,15-16H,9-14H2,1-2H3. The van der Waals surface area contributed by atoms with Gasteiger partial charge in [0.2, 0.25) is 5.43 Å². The predicted octanol–water partition coefficient (Wildman–Crippen LogP) is 3.91. The number of allylic oxidation sites excluding steroid dienone is 1. The first-order chi connectivity index (χ1) is 16.8. The van der Waals surface area contributed by atoms with Crippen molar-refractivity contribution in [2.75, 3.05) is 51.9 Å². The van der Waals surface area contributed by atoms with E-state index in [9.17, 15) is 14.0 Å². The number of pyridine rings is 1. The van der Waals surface area contributed by atoms with Crippen molar-refractivity contribution < 1.29 is 22.7 Å². The van der Waals surface area contributed by atoms with Crippen molar-refractivity contribution >= 4 is 28.4 Å². The Morgan fingerprint density at radius 2 is 1.80 bits per heavy atom. The van der Waals surface area contributed by atoms with Gasteiger partial charge in [-0.3, -0.25) is 9.59 Å². The number of ketones is 1. The second kappa shape index (κ2) is 10.4. The molecule has 2 heterocycles. The van der Waals surface area contributed by atoms with E-state index in [1.165, 1.54) is 23.8 Å². The smallest absolute Gasteiger partial charge is 0.200 e. The highest BCUT2D eigenvalue weighted by atomic mass is 19.1. The lowest BCUT2D eigenvalue weighted by Gasteiger charge is -2.34. The zero-order valence-corrected chi connectivity index (χ0v) is 19.6. The Labute approximate surface area is 200 Å². The van der Waals surface area contributed by atoms with Crippen LogP contribution in [0.4, 0.5) is 18.9 Å². The van der Waals surface area contributed by atoms with E-state index in [1.54, 1.807) is 29.2 Å². The number of methoxy groups -OCH3 is 1. The average Bonchev–Trinajstić information content (AvgIpc) is 2.85. The van der Waals surface area contributed by atoms with Crippen LogP contribution < -0.4 is 15.1 Å². The minimum Gasteiger partial charge on any atom is -0.497 e. The number of carbonyl (C=O) groups is 1. The summed E-state index contributed by atoms with van der Waals surface area (Å²) in [5.74, 6) is -1.81. The van der Waals surface area contributed by atoms with Crippen LogP contribution in [-0.2, 0) is 6.54 Å². The van der Waals surface area contributed by atoms with E-state index in [1.807, 2.05) is 11.9 Å².